The molecule has 32 heavy (non-hydrogen) atoms. The fourth-order valence-corrected chi connectivity index (χ4v) is 2.77. The minimum Gasteiger partial charge on any atom is -0.490 e. The average Bonchev–Trinajstić information content (AvgIpc) is 2.81. The van der Waals surface area contributed by atoms with Gasteiger partial charge in [-0.05, 0) is 55.3 Å². The number of carbonyl (C=O) groups excluding carboxylic acids is 2. The second-order valence-electron chi connectivity index (χ2n) is 6.93. The lowest BCUT2D eigenvalue weighted by Gasteiger charge is -2.12. The molecular weight excluding hydrogens is 406 g/mol. The van der Waals surface area contributed by atoms with Crippen molar-refractivity contribution in [2.45, 2.75) is 20.5 Å². The number of benzene rings is 3. The summed E-state index contributed by atoms with van der Waals surface area (Å²) in [4.78, 5) is 23.9. The molecule has 0 saturated heterocycles. The van der Waals surface area contributed by atoms with E-state index in [0.29, 0.717) is 36.0 Å². The van der Waals surface area contributed by atoms with Gasteiger partial charge in [-0.3, -0.25) is 9.59 Å². The minimum atomic E-state index is -0.866. The lowest BCUT2D eigenvalue weighted by molar-refractivity contribution is -0.136. The molecule has 7 heteroatoms. The van der Waals surface area contributed by atoms with Crippen molar-refractivity contribution in [3.05, 3.63) is 89.5 Å². The molecule has 2 amide bonds. The first-order valence-corrected chi connectivity index (χ1v) is 10.2. The lowest BCUT2D eigenvalue weighted by atomic mass is 10.2. The zero-order chi connectivity index (χ0) is 22.8. The number of hydrazone groups is 1. The number of hydrogen-bond acceptors (Lipinski definition) is 5. The van der Waals surface area contributed by atoms with Crippen LogP contribution in [0.5, 0.6) is 11.5 Å². The first-order chi connectivity index (χ1) is 15.5. The van der Waals surface area contributed by atoms with Gasteiger partial charge in [0.05, 0.1) is 12.8 Å². The molecule has 0 heterocycles. The molecule has 0 aliphatic carbocycles. The lowest BCUT2D eigenvalue weighted by Crippen LogP contribution is -2.32. The molecule has 164 valence electrons. The Morgan fingerprint density at radius 1 is 0.906 bits per heavy atom. The molecule has 3 aromatic rings. The van der Waals surface area contributed by atoms with Crippen LogP contribution in [0.25, 0.3) is 0 Å². The molecule has 0 aliphatic rings. The zero-order valence-electron chi connectivity index (χ0n) is 18.0. The van der Waals surface area contributed by atoms with Crippen LogP contribution in [0, 0.1) is 6.92 Å². The van der Waals surface area contributed by atoms with Crippen molar-refractivity contribution in [3.63, 3.8) is 0 Å². The van der Waals surface area contributed by atoms with E-state index in [1.165, 1.54) is 6.21 Å². The third kappa shape index (κ3) is 6.70. The molecule has 3 aromatic carbocycles. The van der Waals surface area contributed by atoms with Crippen molar-refractivity contribution in [1.29, 1.82) is 0 Å². The number of rotatable bonds is 8. The molecule has 0 fully saturated rings. The molecular formula is C25H25N3O4. The molecule has 0 aliphatic heterocycles. The highest BCUT2D eigenvalue weighted by molar-refractivity contribution is 6.39. The molecule has 0 spiro atoms. The van der Waals surface area contributed by atoms with E-state index in [2.05, 4.69) is 15.8 Å². The van der Waals surface area contributed by atoms with Crippen LogP contribution in [-0.2, 0) is 16.2 Å². The van der Waals surface area contributed by atoms with Crippen molar-refractivity contribution in [2.24, 2.45) is 5.10 Å². The molecule has 3 rings (SSSR count). The number of aryl methyl sites for hydroxylation is 1. The van der Waals surface area contributed by atoms with Crippen LogP contribution in [0.1, 0.15) is 23.6 Å². The third-order valence-corrected chi connectivity index (χ3v) is 4.40. The van der Waals surface area contributed by atoms with Gasteiger partial charge >= 0.3 is 11.8 Å². The van der Waals surface area contributed by atoms with Crippen LogP contribution in [0.2, 0.25) is 0 Å². The Kier molecular flexibility index (Phi) is 7.97. The Morgan fingerprint density at radius 3 is 2.38 bits per heavy atom. The van der Waals surface area contributed by atoms with E-state index >= 15 is 0 Å². The SMILES string of the molecule is CCOc1cc(/C=N\NC(=O)C(=O)Nc2ccc(C)cc2)ccc1OCc1ccccc1. The molecule has 0 aromatic heterocycles. The predicted molar refractivity (Wildman–Crippen MR) is 124 cm³/mol. The van der Waals surface area contributed by atoms with Crippen LogP contribution in [0.15, 0.2) is 77.9 Å². The first kappa shape index (κ1) is 22.6. The normalized spacial score (nSPS) is 10.6. The maximum atomic E-state index is 12.0. The second kappa shape index (κ2) is 11.3. The highest BCUT2D eigenvalue weighted by atomic mass is 16.5. The molecule has 0 atom stereocenters. The summed E-state index contributed by atoms with van der Waals surface area (Å²) in [6, 6.07) is 22.3. The van der Waals surface area contributed by atoms with Gasteiger partial charge in [0.2, 0.25) is 0 Å². The molecule has 0 bridgehead atoms. The molecule has 7 nitrogen and oxygen atoms in total. The summed E-state index contributed by atoms with van der Waals surface area (Å²) in [5, 5.41) is 6.38. The van der Waals surface area contributed by atoms with E-state index < -0.39 is 11.8 Å². The van der Waals surface area contributed by atoms with Gasteiger partial charge in [-0.25, -0.2) is 5.43 Å². The van der Waals surface area contributed by atoms with Crippen molar-refractivity contribution in [3.8, 4) is 11.5 Å². The Balaban J connectivity index is 1.58. The number of carbonyl (C=O) groups is 2. The maximum Gasteiger partial charge on any atom is 0.329 e. The monoisotopic (exact) mass is 431 g/mol. The number of nitrogens with one attached hydrogen (secondary N) is 2. The topological polar surface area (TPSA) is 89.0 Å². The van der Waals surface area contributed by atoms with Crippen molar-refractivity contribution < 1.29 is 19.1 Å². The Hall–Kier alpha value is -4.13. The molecule has 0 saturated carbocycles. The van der Waals surface area contributed by atoms with Crippen LogP contribution in [-0.4, -0.2) is 24.6 Å². The van der Waals surface area contributed by atoms with Gasteiger partial charge < -0.3 is 14.8 Å². The minimum absolute atomic E-state index is 0.417. The van der Waals surface area contributed by atoms with E-state index in [1.54, 1.807) is 30.3 Å². The number of nitrogens with zero attached hydrogens (tertiary/aromatic N) is 1. The standard InChI is InChI=1S/C25H25N3O4/c1-3-31-23-15-20(11-14-22(23)32-17-19-7-5-4-6-8-19)16-26-28-25(30)24(29)27-21-12-9-18(2)10-13-21/h4-16H,3,17H2,1-2H3,(H,27,29)(H,28,30)/b26-16-. The van der Waals surface area contributed by atoms with Crippen LogP contribution in [0.3, 0.4) is 0 Å². The first-order valence-electron chi connectivity index (χ1n) is 10.2. The zero-order valence-corrected chi connectivity index (χ0v) is 18.0. The van der Waals surface area contributed by atoms with Gasteiger partial charge in [0.1, 0.15) is 6.61 Å². The maximum absolute atomic E-state index is 12.0. The van der Waals surface area contributed by atoms with Crippen molar-refractivity contribution >= 4 is 23.7 Å². The van der Waals surface area contributed by atoms with Gasteiger partial charge in [0, 0.05) is 5.69 Å². The number of amides is 2. The average molecular weight is 431 g/mol. The van der Waals surface area contributed by atoms with Gasteiger partial charge in [-0.1, -0.05) is 48.0 Å². The van der Waals surface area contributed by atoms with Gasteiger partial charge in [0.15, 0.2) is 11.5 Å². The van der Waals surface area contributed by atoms with Gasteiger partial charge in [0.25, 0.3) is 0 Å². The second-order valence-corrected chi connectivity index (χ2v) is 6.93. The molecule has 2 N–H and O–H groups in total. The number of anilines is 1. The van der Waals surface area contributed by atoms with Crippen LogP contribution >= 0.6 is 0 Å². The summed E-state index contributed by atoms with van der Waals surface area (Å²) < 4.78 is 11.5. The fourth-order valence-electron chi connectivity index (χ4n) is 2.77. The third-order valence-electron chi connectivity index (χ3n) is 4.40. The summed E-state index contributed by atoms with van der Waals surface area (Å²) in [6.07, 6.45) is 1.43. The number of hydrogen-bond donors (Lipinski definition) is 2. The summed E-state index contributed by atoms with van der Waals surface area (Å²) in [7, 11) is 0. The van der Waals surface area contributed by atoms with E-state index in [-0.39, 0.29) is 0 Å². The molecule has 0 radical (unpaired) electrons. The van der Waals surface area contributed by atoms with E-state index in [4.69, 9.17) is 9.47 Å². The fraction of sp³-hybridized carbons (Fsp3) is 0.160. The van der Waals surface area contributed by atoms with Crippen LogP contribution < -0.4 is 20.2 Å². The largest absolute Gasteiger partial charge is 0.490 e. The number of ether oxygens (including phenoxy) is 2. The van der Waals surface area contributed by atoms with E-state index in [0.717, 1.165) is 11.1 Å². The Morgan fingerprint density at radius 2 is 1.66 bits per heavy atom. The highest BCUT2D eigenvalue weighted by Crippen LogP contribution is 2.28. The summed E-state index contributed by atoms with van der Waals surface area (Å²) in [5.41, 5.74) is 5.54. The van der Waals surface area contributed by atoms with E-state index in [9.17, 15) is 9.59 Å². The summed E-state index contributed by atoms with van der Waals surface area (Å²) >= 11 is 0. The predicted octanol–water partition coefficient (Wildman–Crippen LogP) is 4.06. The van der Waals surface area contributed by atoms with Crippen LogP contribution in [0.4, 0.5) is 5.69 Å². The Labute approximate surface area is 187 Å². The van der Waals surface area contributed by atoms with Gasteiger partial charge in [-0.2, -0.15) is 5.10 Å². The quantitative estimate of drug-likeness (QED) is 0.320. The van der Waals surface area contributed by atoms with E-state index in [1.807, 2.05) is 56.3 Å². The Bertz CT molecular complexity index is 1080. The highest BCUT2D eigenvalue weighted by Gasteiger charge is 2.13. The van der Waals surface area contributed by atoms with Crippen molar-refractivity contribution in [1.82, 2.24) is 5.43 Å². The smallest absolute Gasteiger partial charge is 0.329 e. The molecule has 0 unspecified atom stereocenters. The summed E-state index contributed by atoms with van der Waals surface area (Å²) in [6.45, 7) is 4.71. The van der Waals surface area contributed by atoms with Crippen molar-refractivity contribution in [2.75, 3.05) is 11.9 Å². The van der Waals surface area contributed by atoms with Gasteiger partial charge in [-0.15, -0.1) is 0 Å². The summed E-state index contributed by atoms with van der Waals surface area (Å²) in [5.74, 6) is -0.495.